The SMILES string of the molecule is Cc1cccc2nc(COC(=O)c3ccc4c(c3)CCC4)cc(=O)n12. The van der Waals surface area contributed by atoms with E-state index in [4.69, 9.17) is 4.74 Å². The third-order valence-electron chi connectivity index (χ3n) is 4.62. The van der Waals surface area contributed by atoms with Gasteiger partial charge in [-0.05, 0) is 61.6 Å². The van der Waals surface area contributed by atoms with Crippen LogP contribution in [0.4, 0.5) is 0 Å². The summed E-state index contributed by atoms with van der Waals surface area (Å²) in [5.74, 6) is -0.388. The van der Waals surface area contributed by atoms with Crippen LogP contribution in [-0.4, -0.2) is 15.4 Å². The molecule has 25 heavy (non-hydrogen) atoms. The smallest absolute Gasteiger partial charge is 0.338 e. The lowest BCUT2D eigenvalue weighted by Gasteiger charge is -2.08. The molecule has 5 heteroatoms. The monoisotopic (exact) mass is 334 g/mol. The first-order chi connectivity index (χ1) is 12.1. The molecule has 2 heterocycles. The maximum absolute atomic E-state index is 12.3. The molecule has 0 radical (unpaired) electrons. The Labute approximate surface area is 144 Å². The number of hydrogen-bond donors (Lipinski definition) is 0. The van der Waals surface area contributed by atoms with Crippen LogP contribution in [0.25, 0.3) is 5.65 Å². The molecule has 0 saturated heterocycles. The van der Waals surface area contributed by atoms with E-state index in [1.807, 2.05) is 31.2 Å². The van der Waals surface area contributed by atoms with Crippen molar-refractivity contribution in [2.24, 2.45) is 0 Å². The summed E-state index contributed by atoms with van der Waals surface area (Å²) >= 11 is 0. The normalized spacial score (nSPS) is 13.0. The molecule has 1 aliphatic carbocycles. The van der Waals surface area contributed by atoms with Crippen molar-refractivity contribution in [1.29, 1.82) is 0 Å². The number of nitrogens with zero attached hydrogens (tertiary/aromatic N) is 2. The largest absolute Gasteiger partial charge is 0.456 e. The minimum Gasteiger partial charge on any atom is -0.456 e. The van der Waals surface area contributed by atoms with Crippen molar-refractivity contribution in [2.45, 2.75) is 32.8 Å². The Morgan fingerprint density at radius 3 is 2.88 bits per heavy atom. The summed E-state index contributed by atoms with van der Waals surface area (Å²) in [6, 6.07) is 12.6. The lowest BCUT2D eigenvalue weighted by Crippen LogP contribution is -2.18. The summed E-state index contributed by atoms with van der Waals surface area (Å²) < 4.78 is 6.89. The number of aryl methyl sites for hydroxylation is 3. The van der Waals surface area contributed by atoms with Gasteiger partial charge in [-0.2, -0.15) is 0 Å². The number of ether oxygens (including phenoxy) is 1. The van der Waals surface area contributed by atoms with E-state index in [0.29, 0.717) is 16.9 Å². The topological polar surface area (TPSA) is 60.7 Å². The highest BCUT2D eigenvalue weighted by Crippen LogP contribution is 2.23. The van der Waals surface area contributed by atoms with Gasteiger partial charge in [0.1, 0.15) is 12.3 Å². The van der Waals surface area contributed by atoms with Crippen LogP contribution in [0.15, 0.2) is 47.3 Å². The van der Waals surface area contributed by atoms with Gasteiger partial charge in [0.2, 0.25) is 0 Å². The second kappa shape index (κ2) is 6.16. The first-order valence-corrected chi connectivity index (χ1v) is 8.39. The number of carbonyl (C=O) groups is 1. The molecule has 0 amide bonds. The first kappa shape index (κ1) is 15.6. The predicted molar refractivity (Wildman–Crippen MR) is 93.8 cm³/mol. The summed E-state index contributed by atoms with van der Waals surface area (Å²) in [7, 11) is 0. The zero-order valence-corrected chi connectivity index (χ0v) is 14.0. The van der Waals surface area contributed by atoms with Gasteiger partial charge in [-0.15, -0.1) is 0 Å². The fourth-order valence-corrected chi connectivity index (χ4v) is 3.36. The molecular weight excluding hydrogens is 316 g/mol. The molecule has 0 spiro atoms. The predicted octanol–water partition coefficient (Wildman–Crippen LogP) is 2.85. The van der Waals surface area contributed by atoms with E-state index in [1.54, 1.807) is 12.1 Å². The zero-order valence-electron chi connectivity index (χ0n) is 14.0. The Morgan fingerprint density at radius 2 is 2.00 bits per heavy atom. The lowest BCUT2D eigenvalue weighted by molar-refractivity contribution is 0.0467. The average molecular weight is 334 g/mol. The van der Waals surface area contributed by atoms with Crippen LogP contribution in [0.2, 0.25) is 0 Å². The van der Waals surface area contributed by atoms with Crippen LogP contribution in [0.5, 0.6) is 0 Å². The Morgan fingerprint density at radius 1 is 1.16 bits per heavy atom. The summed E-state index contributed by atoms with van der Waals surface area (Å²) in [6.07, 6.45) is 3.23. The average Bonchev–Trinajstić information content (AvgIpc) is 3.07. The molecule has 0 aliphatic heterocycles. The quantitative estimate of drug-likeness (QED) is 0.691. The number of benzene rings is 1. The van der Waals surface area contributed by atoms with Gasteiger partial charge in [0.05, 0.1) is 11.3 Å². The minimum absolute atomic E-state index is 0.0183. The van der Waals surface area contributed by atoms with Crippen molar-refractivity contribution < 1.29 is 9.53 Å². The van der Waals surface area contributed by atoms with Gasteiger partial charge in [0.25, 0.3) is 5.56 Å². The molecule has 0 saturated carbocycles. The fourth-order valence-electron chi connectivity index (χ4n) is 3.36. The Balaban J connectivity index is 1.54. The van der Waals surface area contributed by atoms with Gasteiger partial charge in [-0.25, -0.2) is 9.78 Å². The molecule has 126 valence electrons. The van der Waals surface area contributed by atoms with Crippen LogP contribution in [0, 0.1) is 6.92 Å². The molecule has 3 aromatic rings. The Kier molecular flexibility index (Phi) is 3.84. The van der Waals surface area contributed by atoms with Crippen molar-refractivity contribution in [1.82, 2.24) is 9.38 Å². The number of rotatable bonds is 3. The molecule has 0 bridgehead atoms. The second-order valence-corrected chi connectivity index (χ2v) is 6.36. The molecule has 1 aliphatic rings. The van der Waals surface area contributed by atoms with Crippen molar-refractivity contribution in [3.8, 4) is 0 Å². The molecule has 5 nitrogen and oxygen atoms in total. The highest BCUT2D eigenvalue weighted by molar-refractivity contribution is 5.89. The minimum atomic E-state index is -0.388. The molecule has 0 unspecified atom stereocenters. The van der Waals surface area contributed by atoms with E-state index in [9.17, 15) is 9.59 Å². The van der Waals surface area contributed by atoms with Gasteiger partial charge in [0.15, 0.2) is 0 Å². The highest BCUT2D eigenvalue weighted by atomic mass is 16.5. The first-order valence-electron chi connectivity index (χ1n) is 8.39. The van der Waals surface area contributed by atoms with Crippen LogP contribution < -0.4 is 5.56 Å². The second-order valence-electron chi connectivity index (χ2n) is 6.36. The molecule has 2 aromatic heterocycles. The van der Waals surface area contributed by atoms with E-state index in [2.05, 4.69) is 4.98 Å². The fraction of sp³-hybridized carbons (Fsp3) is 0.250. The number of esters is 1. The summed E-state index contributed by atoms with van der Waals surface area (Å²) in [6.45, 7) is 1.83. The van der Waals surface area contributed by atoms with Gasteiger partial charge >= 0.3 is 5.97 Å². The van der Waals surface area contributed by atoms with Crippen molar-refractivity contribution >= 4 is 11.6 Å². The van der Waals surface area contributed by atoms with Gasteiger partial charge in [0, 0.05) is 11.8 Å². The number of fused-ring (bicyclic) bond motifs is 2. The van der Waals surface area contributed by atoms with E-state index < -0.39 is 0 Å². The van der Waals surface area contributed by atoms with E-state index >= 15 is 0 Å². The zero-order chi connectivity index (χ0) is 17.4. The van der Waals surface area contributed by atoms with Crippen LogP contribution in [0.3, 0.4) is 0 Å². The van der Waals surface area contributed by atoms with Gasteiger partial charge in [-0.1, -0.05) is 12.1 Å². The Hall–Kier alpha value is -2.95. The maximum Gasteiger partial charge on any atom is 0.338 e. The molecular formula is C20H18N2O3. The Bertz CT molecular complexity index is 1040. The number of aromatic nitrogens is 2. The third kappa shape index (κ3) is 2.93. The number of pyridine rings is 1. The molecule has 4 rings (SSSR count). The maximum atomic E-state index is 12.3. The lowest BCUT2D eigenvalue weighted by atomic mass is 10.1. The standard InChI is InChI=1S/C20H18N2O3/c1-13-4-2-7-18-21-17(11-19(23)22(13)18)12-25-20(24)16-9-8-14-5-3-6-15(14)10-16/h2,4,7-11H,3,5-6,12H2,1H3. The van der Waals surface area contributed by atoms with E-state index in [0.717, 1.165) is 25.0 Å². The van der Waals surface area contributed by atoms with Gasteiger partial charge in [-0.3, -0.25) is 9.20 Å². The molecule has 1 aromatic carbocycles. The van der Waals surface area contributed by atoms with Crippen LogP contribution in [-0.2, 0) is 24.2 Å². The summed E-state index contributed by atoms with van der Waals surface area (Å²) in [5, 5.41) is 0. The van der Waals surface area contributed by atoms with Crippen molar-refractivity contribution in [3.63, 3.8) is 0 Å². The van der Waals surface area contributed by atoms with Gasteiger partial charge < -0.3 is 4.74 Å². The number of hydrogen-bond acceptors (Lipinski definition) is 4. The highest BCUT2D eigenvalue weighted by Gasteiger charge is 2.15. The summed E-state index contributed by atoms with van der Waals surface area (Å²) in [5.41, 5.74) is 4.74. The van der Waals surface area contributed by atoms with Crippen LogP contribution in [0.1, 0.15) is 39.3 Å². The van der Waals surface area contributed by atoms with E-state index in [-0.39, 0.29) is 18.1 Å². The van der Waals surface area contributed by atoms with E-state index in [1.165, 1.54) is 21.6 Å². The molecule has 0 N–H and O–H groups in total. The third-order valence-corrected chi connectivity index (χ3v) is 4.62. The summed E-state index contributed by atoms with van der Waals surface area (Å²) in [4.78, 5) is 28.9. The molecule has 0 fully saturated rings. The number of carbonyl (C=O) groups excluding carboxylic acids is 1. The van der Waals surface area contributed by atoms with Crippen molar-refractivity contribution in [2.75, 3.05) is 0 Å². The van der Waals surface area contributed by atoms with Crippen LogP contribution >= 0.6 is 0 Å². The van der Waals surface area contributed by atoms with Crippen molar-refractivity contribution in [3.05, 3.63) is 80.9 Å². The molecule has 0 atom stereocenters.